The Morgan fingerprint density at radius 3 is 1.63 bits per heavy atom. The lowest BCUT2D eigenvalue weighted by molar-refractivity contribution is -0.134. The molecule has 2 aromatic carbocycles. The van der Waals surface area contributed by atoms with Gasteiger partial charge in [0.2, 0.25) is 0 Å². The summed E-state index contributed by atoms with van der Waals surface area (Å²) in [5, 5.41) is 12.3. The van der Waals surface area contributed by atoms with E-state index >= 15 is 0 Å². The van der Waals surface area contributed by atoms with E-state index in [9.17, 15) is 9.59 Å². The molecule has 0 aliphatic carbocycles. The molecule has 1 amide bonds. The minimum Gasteiger partial charge on any atom is -0.478 e. The number of hydrazone groups is 2. The molecule has 2 aromatic rings. The maximum absolute atomic E-state index is 12.4. The molecule has 0 spiro atoms. The van der Waals surface area contributed by atoms with E-state index in [0.717, 1.165) is 11.4 Å². The zero-order valence-electron chi connectivity index (χ0n) is 28.9. The highest BCUT2D eigenvalue weighted by Crippen LogP contribution is 2.40. The van der Waals surface area contributed by atoms with Gasteiger partial charge in [-0.15, -0.1) is 0 Å². The van der Waals surface area contributed by atoms with Crippen molar-refractivity contribution in [3.63, 3.8) is 0 Å². The average molecular weight is 788 g/mol. The molecule has 19 heteroatoms. The summed E-state index contributed by atoms with van der Waals surface area (Å²) in [6.07, 6.45) is 0.187. The Bertz CT molecular complexity index is 1330. The Balaban J connectivity index is -0.000000336. The van der Waals surface area contributed by atoms with Crippen LogP contribution >= 0.6 is 30.1 Å². The van der Waals surface area contributed by atoms with E-state index in [2.05, 4.69) is 44.9 Å². The number of para-hydroxylation sites is 2. The van der Waals surface area contributed by atoms with Gasteiger partial charge in [-0.3, -0.25) is 9.59 Å². The van der Waals surface area contributed by atoms with Gasteiger partial charge in [0.05, 0.1) is 23.0 Å². The summed E-state index contributed by atoms with van der Waals surface area (Å²) in [6.45, 7) is 16.0. The number of Topliss-reactive ketones (excluding diaryl/α,β-unsaturated/α-hetero) is 1. The molecule has 0 saturated carbocycles. The quantitative estimate of drug-likeness (QED) is 0.332. The molecule has 14 nitrogen and oxygen atoms in total. The largest absolute Gasteiger partial charge is 0.651 e. The topological polar surface area (TPSA) is 273 Å². The number of amides is 1. The number of nitrogens with zero attached hydrogens (tertiary/aromatic N) is 4. The highest BCUT2D eigenvalue weighted by molar-refractivity contribution is 7.54. The molecule has 4 atom stereocenters. The number of benzene rings is 2. The van der Waals surface area contributed by atoms with Crippen molar-refractivity contribution in [3.8, 4) is 0 Å². The Labute approximate surface area is 311 Å². The van der Waals surface area contributed by atoms with Gasteiger partial charge in [-0.2, -0.15) is 15.2 Å². The van der Waals surface area contributed by atoms with Gasteiger partial charge < -0.3 is 40.4 Å². The summed E-state index contributed by atoms with van der Waals surface area (Å²) in [6, 6.07) is 19.4. The smallest absolute Gasteiger partial charge is 0.478 e. The second-order valence-corrected chi connectivity index (χ2v) is 19.9. The van der Waals surface area contributed by atoms with Crippen molar-refractivity contribution in [2.45, 2.75) is 67.7 Å². The van der Waals surface area contributed by atoms with Gasteiger partial charge in [0.1, 0.15) is 12.1 Å². The molecule has 0 aromatic heterocycles. The van der Waals surface area contributed by atoms with Gasteiger partial charge in [-0.25, -0.2) is 35.2 Å². The summed E-state index contributed by atoms with van der Waals surface area (Å²) in [5.74, 6) is -0.877. The van der Waals surface area contributed by atoms with E-state index in [4.69, 9.17) is 42.8 Å². The lowest BCUT2D eigenvalue weighted by Crippen LogP contribution is -2.53. The molecule has 3 aliphatic rings. The summed E-state index contributed by atoms with van der Waals surface area (Å²) < 4.78 is 12.0. The number of hydrogen-bond acceptors (Lipinski definition) is 7. The lowest BCUT2D eigenvalue weighted by Gasteiger charge is -2.43. The first kappa shape index (κ1) is 54.1. The first-order valence-corrected chi connectivity index (χ1v) is 20.5. The Kier molecular flexibility index (Phi) is 25.4. The normalized spacial score (nSPS) is 20.3. The molecule has 278 valence electrons. The number of ketones is 1. The third kappa shape index (κ3) is 14.1. The van der Waals surface area contributed by atoms with Gasteiger partial charge >= 0.3 is 27.3 Å². The van der Waals surface area contributed by atoms with Gasteiger partial charge in [-0.1, -0.05) is 77.9 Å². The van der Waals surface area contributed by atoms with Crippen molar-refractivity contribution in [1.29, 1.82) is 0 Å². The highest BCUT2D eigenvalue weighted by Gasteiger charge is 2.49. The number of carbonyl (C=O) groups is 2. The monoisotopic (exact) mass is 786 g/mol. The molecular formula is C30H51Al2Cl3N4O10. The van der Waals surface area contributed by atoms with Crippen LogP contribution in [0.4, 0.5) is 11.4 Å². The molecule has 4 unspecified atom stereocenters. The summed E-state index contributed by atoms with van der Waals surface area (Å²) in [5.41, 5.74) is 2.99. The van der Waals surface area contributed by atoms with E-state index < -0.39 is 38.6 Å². The third-order valence-electron chi connectivity index (χ3n) is 7.12. The molecule has 49 heavy (non-hydrogen) atoms. The average Bonchev–Trinajstić information content (AvgIpc) is 3.43. The number of carbonyl (C=O) groups excluding carboxylic acids is 2. The van der Waals surface area contributed by atoms with Crippen molar-refractivity contribution >= 4 is 91.9 Å². The summed E-state index contributed by atoms with van der Waals surface area (Å²) in [4.78, 5) is 24.7. The lowest BCUT2D eigenvalue weighted by atomic mass is 9.79. The van der Waals surface area contributed by atoms with Gasteiger partial charge in [-0.05, 0) is 43.5 Å². The maximum atomic E-state index is 12.4. The van der Waals surface area contributed by atoms with Gasteiger partial charge in [0.25, 0.3) is 5.91 Å². The number of fused-ring (bicyclic) bond motifs is 1. The minimum atomic E-state index is -1.72. The van der Waals surface area contributed by atoms with Crippen LogP contribution in [0.3, 0.4) is 0 Å². The fourth-order valence-electron chi connectivity index (χ4n) is 5.11. The van der Waals surface area contributed by atoms with Crippen LogP contribution < -0.4 is 10.0 Å². The molecule has 5 rings (SSSR count). The van der Waals surface area contributed by atoms with Crippen LogP contribution in [0.25, 0.3) is 0 Å². The van der Waals surface area contributed by atoms with Gasteiger partial charge in [0, 0.05) is 17.2 Å². The molecule has 1 saturated heterocycles. The van der Waals surface area contributed by atoms with Gasteiger partial charge in [0.15, 0.2) is 5.78 Å². The fraction of sp³-hybridized carbons (Fsp3) is 0.467. The number of halogens is 3. The highest BCUT2D eigenvalue weighted by atomic mass is 35.8. The van der Waals surface area contributed by atoms with Crippen LogP contribution in [0.2, 0.25) is 0 Å². The van der Waals surface area contributed by atoms with E-state index in [1.807, 2.05) is 62.2 Å². The van der Waals surface area contributed by atoms with Crippen LogP contribution in [0.1, 0.15) is 55.4 Å². The zero-order valence-corrected chi connectivity index (χ0v) is 33.8. The molecule has 3 aliphatic heterocycles. The first-order chi connectivity index (χ1) is 20.0. The predicted molar refractivity (Wildman–Crippen MR) is 202 cm³/mol. The van der Waals surface area contributed by atoms with Crippen molar-refractivity contribution in [3.05, 3.63) is 60.7 Å². The zero-order chi connectivity index (χ0) is 32.1. The molecule has 0 bridgehead atoms. The second-order valence-electron chi connectivity index (χ2n) is 12.6. The minimum absolute atomic E-state index is 0. The van der Waals surface area contributed by atoms with Crippen LogP contribution in [-0.4, -0.2) is 95.6 Å². The predicted octanol–water partition coefficient (Wildman–Crippen LogP) is 1.93. The first-order valence-electron chi connectivity index (χ1n) is 14.1. The molecular weight excluding hydrogens is 737 g/mol. The summed E-state index contributed by atoms with van der Waals surface area (Å²) >= 11 is -2.67. The van der Waals surface area contributed by atoms with E-state index in [0.29, 0.717) is 11.4 Å². The van der Waals surface area contributed by atoms with Crippen molar-refractivity contribution < 1.29 is 50.0 Å². The van der Waals surface area contributed by atoms with Crippen LogP contribution in [0.5, 0.6) is 0 Å². The van der Waals surface area contributed by atoms with Crippen LogP contribution in [-0.2, 0) is 17.2 Å². The van der Waals surface area contributed by atoms with Crippen molar-refractivity contribution in [2.24, 2.45) is 32.9 Å². The standard InChI is InChI=1S/C15H20N2O2.C15H18N2O2.2Al.3ClH.6H2O.H/c2*1-10-12(13(18)15(2,3)4)14(19)17(16-10)11-8-6-5-7-9-11;;;;;;;;;;;;/h5-9,12-14H,1-4H3;5-9,12H,1-4H3;;;3*1H;6*1H2;/q-2;;+2;+3;;;;;;;;;;/p-3. The number of rotatable bonds is 3. The van der Waals surface area contributed by atoms with E-state index in [1.165, 1.54) is 5.01 Å². The Hall–Kier alpha value is -1.67. The number of hydrogen-bond donors (Lipinski definition) is 0. The second kappa shape index (κ2) is 23.0. The van der Waals surface area contributed by atoms with Crippen molar-refractivity contribution in [1.82, 2.24) is 0 Å². The third-order valence-corrected chi connectivity index (χ3v) is 8.09. The van der Waals surface area contributed by atoms with E-state index in [-0.39, 0.29) is 68.2 Å². The fourth-order valence-corrected chi connectivity index (χ4v) is 6.53. The van der Waals surface area contributed by atoms with Crippen LogP contribution in [0.15, 0.2) is 70.9 Å². The van der Waals surface area contributed by atoms with Crippen LogP contribution in [0, 0.1) is 22.7 Å². The van der Waals surface area contributed by atoms with Crippen molar-refractivity contribution in [2.75, 3.05) is 10.0 Å². The molecule has 12 N–H and O–H groups in total. The maximum Gasteiger partial charge on any atom is 0.651 e. The Morgan fingerprint density at radius 1 is 0.755 bits per heavy atom. The van der Waals surface area contributed by atoms with E-state index in [1.54, 1.807) is 19.1 Å². The number of anilines is 2. The molecule has 1 fully saturated rings. The molecule has 3 heterocycles. The Morgan fingerprint density at radius 2 is 1.20 bits per heavy atom. The SMILES string of the molecule is CC1=NN(c2ccccc2)C(=O)C1C(=O)C(C)(C)C.CC1=NN(c2ccccc2)C2[O][AlH][O]C(C(C)(C)C)C12.O.O.O.O.O.O.[Cl][Al]([Cl])[Cl]. The molecule has 0 radical (unpaired) electrons. The summed E-state index contributed by atoms with van der Waals surface area (Å²) in [7, 11) is 14.8.